The fraction of sp³-hybridized carbons (Fsp3) is 0.500. The molecule has 20 heavy (non-hydrogen) atoms. The van der Waals surface area contributed by atoms with Crippen molar-refractivity contribution in [2.75, 3.05) is 17.0 Å². The van der Waals surface area contributed by atoms with Crippen LogP contribution in [-0.4, -0.2) is 26.8 Å². The number of benzene rings is 1. The maximum atomic E-state index is 13.0. The van der Waals surface area contributed by atoms with Crippen molar-refractivity contribution in [2.24, 2.45) is 0 Å². The first-order chi connectivity index (χ1) is 9.21. The van der Waals surface area contributed by atoms with Gasteiger partial charge in [-0.1, -0.05) is 37.0 Å². The lowest BCUT2D eigenvalue weighted by molar-refractivity contribution is 0.571. The molecule has 1 aromatic carbocycles. The highest BCUT2D eigenvalue weighted by Crippen LogP contribution is 2.32. The second-order valence-corrected chi connectivity index (χ2v) is 7.28. The second-order valence-electron chi connectivity index (χ2n) is 4.63. The van der Waals surface area contributed by atoms with Gasteiger partial charge >= 0.3 is 0 Å². The van der Waals surface area contributed by atoms with Crippen LogP contribution < -0.4 is 10.0 Å². The minimum absolute atomic E-state index is 0.00607. The normalized spacial score (nSPS) is 11.9. The monoisotopic (exact) mass is 342 g/mol. The zero-order valence-corrected chi connectivity index (χ0v) is 13.5. The molecule has 0 heterocycles. The standard InChI is InChI=1S/C12H17Cl2FN2O2S/c1-8(2)16-4-3-5-20(18,19)17-12-10(13)6-9(15)7-11(12)14/h6-8,16-17H,3-5H2,1-2H3. The molecule has 8 heteroatoms. The predicted octanol–water partition coefficient (Wildman–Crippen LogP) is 3.26. The van der Waals surface area contributed by atoms with Crippen LogP contribution in [0.15, 0.2) is 12.1 Å². The van der Waals surface area contributed by atoms with Gasteiger partial charge in [-0.3, -0.25) is 4.72 Å². The van der Waals surface area contributed by atoms with E-state index in [2.05, 4.69) is 10.0 Å². The number of nitrogens with one attached hydrogen (secondary N) is 2. The zero-order valence-electron chi connectivity index (χ0n) is 11.2. The van der Waals surface area contributed by atoms with Gasteiger partial charge in [-0.25, -0.2) is 12.8 Å². The minimum Gasteiger partial charge on any atom is -0.314 e. The van der Waals surface area contributed by atoms with E-state index in [-0.39, 0.29) is 21.5 Å². The van der Waals surface area contributed by atoms with Gasteiger partial charge < -0.3 is 5.32 Å². The third-order valence-corrected chi connectivity index (χ3v) is 4.34. The summed E-state index contributed by atoms with van der Waals surface area (Å²) in [6.07, 6.45) is 0.448. The van der Waals surface area contributed by atoms with Crippen LogP contribution in [0.1, 0.15) is 20.3 Å². The minimum atomic E-state index is -3.57. The molecule has 0 spiro atoms. The van der Waals surface area contributed by atoms with Gasteiger partial charge in [0.2, 0.25) is 10.0 Å². The van der Waals surface area contributed by atoms with Crippen LogP contribution in [0.3, 0.4) is 0 Å². The molecule has 114 valence electrons. The molecule has 0 aromatic heterocycles. The molecule has 0 saturated heterocycles. The van der Waals surface area contributed by atoms with Gasteiger partial charge in [0, 0.05) is 6.04 Å². The Bertz CT molecular complexity index is 542. The summed E-state index contributed by atoms with van der Waals surface area (Å²) < 4.78 is 39.1. The molecular formula is C12H17Cl2FN2O2S. The maximum absolute atomic E-state index is 13.0. The van der Waals surface area contributed by atoms with E-state index in [9.17, 15) is 12.8 Å². The number of anilines is 1. The van der Waals surface area contributed by atoms with Crippen LogP contribution in [0.4, 0.5) is 10.1 Å². The van der Waals surface area contributed by atoms with Gasteiger partial charge in [0.15, 0.2) is 0 Å². The average Bonchev–Trinajstić information content (AvgIpc) is 2.29. The van der Waals surface area contributed by atoms with E-state index < -0.39 is 15.8 Å². The smallest absolute Gasteiger partial charge is 0.232 e. The lowest BCUT2D eigenvalue weighted by atomic mass is 10.3. The Morgan fingerprint density at radius 2 is 1.80 bits per heavy atom. The summed E-state index contributed by atoms with van der Waals surface area (Å²) in [6, 6.07) is 2.31. The van der Waals surface area contributed by atoms with E-state index >= 15 is 0 Å². The summed E-state index contributed by atoms with van der Waals surface area (Å²) in [5.41, 5.74) is 0.00607. The van der Waals surface area contributed by atoms with E-state index in [0.717, 1.165) is 12.1 Å². The lowest BCUT2D eigenvalue weighted by Crippen LogP contribution is -2.26. The molecule has 0 atom stereocenters. The summed E-state index contributed by atoms with van der Waals surface area (Å²) in [4.78, 5) is 0. The van der Waals surface area contributed by atoms with E-state index in [0.29, 0.717) is 19.0 Å². The van der Waals surface area contributed by atoms with Crippen molar-refractivity contribution in [3.63, 3.8) is 0 Å². The molecular weight excluding hydrogens is 326 g/mol. The first-order valence-corrected chi connectivity index (χ1v) is 8.50. The molecule has 0 aliphatic rings. The Hall–Kier alpha value is -0.560. The van der Waals surface area contributed by atoms with Crippen molar-refractivity contribution in [1.29, 1.82) is 0 Å². The maximum Gasteiger partial charge on any atom is 0.232 e. The average molecular weight is 343 g/mol. The van der Waals surface area contributed by atoms with Crippen molar-refractivity contribution in [3.05, 3.63) is 28.0 Å². The fourth-order valence-corrected chi connectivity index (χ4v) is 3.32. The summed E-state index contributed by atoms with van der Waals surface area (Å²) in [5.74, 6) is -0.694. The summed E-state index contributed by atoms with van der Waals surface area (Å²) in [7, 11) is -3.57. The number of hydrogen-bond donors (Lipinski definition) is 2. The van der Waals surface area contributed by atoms with Crippen LogP contribution in [0.5, 0.6) is 0 Å². The van der Waals surface area contributed by atoms with Crippen LogP contribution in [0, 0.1) is 5.82 Å². The topological polar surface area (TPSA) is 58.2 Å². The van der Waals surface area contributed by atoms with Crippen LogP contribution in [0.25, 0.3) is 0 Å². The van der Waals surface area contributed by atoms with Gasteiger partial charge in [-0.15, -0.1) is 0 Å². The molecule has 1 rings (SSSR count). The Balaban J connectivity index is 2.67. The van der Waals surface area contributed by atoms with E-state index in [4.69, 9.17) is 23.2 Å². The highest BCUT2D eigenvalue weighted by Gasteiger charge is 2.16. The Labute approximate surface area is 128 Å². The van der Waals surface area contributed by atoms with Crippen molar-refractivity contribution in [1.82, 2.24) is 5.32 Å². The molecule has 0 saturated carbocycles. The molecule has 0 fully saturated rings. The van der Waals surface area contributed by atoms with Gasteiger partial charge in [-0.2, -0.15) is 0 Å². The summed E-state index contributed by atoms with van der Waals surface area (Å²) in [5, 5.41) is 2.98. The molecule has 0 unspecified atom stereocenters. The molecule has 2 N–H and O–H groups in total. The molecule has 0 amide bonds. The molecule has 1 aromatic rings. The Kier molecular flexibility index (Phi) is 6.51. The molecule has 0 bridgehead atoms. The van der Waals surface area contributed by atoms with Crippen molar-refractivity contribution >= 4 is 38.9 Å². The van der Waals surface area contributed by atoms with Gasteiger partial charge in [0.1, 0.15) is 5.82 Å². The van der Waals surface area contributed by atoms with Gasteiger partial charge in [0.25, 0.3) is 0 Å². The zero-order chi connectivity index (χ0) is 15.3. The number of halogens is 3. The summed E-state index contributed by atoms with van der Waals surface area (Å²) in [6.45, 7) is 4.54. The number of sulfonamides is 1. The fourth-order valence-electron chi connectivity index (χ4n) is 1.50. The quantitative estimate of drug-likeness (QED) is 0.747. The predicted molar refractivity (Wildman–Crippen MR) is 81.6 cm³/mol. The number of rotatable bonds is 7. The highest BCUT2D eigenvalue weighted by molar-refractivity contribution is 7.92. The van der Waals surface area contributed by atoms with Crippen molar-refractivity contribution in [3.8, 4) is 0 Å². The molecule has 0 radical (unpaired) electrons. The summed E-state index contributed by atoms with van der Waals surface area (Å²) >= 11 is 11.6. The first kappa shape index (κ1) is 17.5. The van der Waals surface area contributed by atoms with E-state index in [1.165, 1.54) is 0 Å². The third-order valence-electron chi connectivity index (χ3n) is 2.41. The Morgan fingerprint density at radius 1 is 1.25 bits per heavy atom. The van der Waals surface area contributed by atoms with Crippen LogP contribution in [0.2, 0.25) is 10.0 Å². The van der Waals surface area contributed by atoms with Crippen molar-refractivity contribution < 1.29 is 12.8 Å². The lowest BCUT2D eigenvalue weighted by Gasteiger charge is -2.12. The van der Waals surface area contributed by atoms with Crippen LogP contribution in [-0.2, 0) is 10.0 Å². The van der Waals surface area contributed by atoms with E-state index in [1.54, 1.807) is 0 Å². The van der Waals surface area contributed by atoms with E-state index in [1.807, 2.05) is 13.8 Å². The Morgan fingerprint density at radius 3 is 2.30 bits per heavy atom. The molecule has 4 nitrogen and oxygen atoms in total. The van der Waals surface area contributed by atoms with Gasteiger partial charge in [-0.05, 0) is 25.1 Å². The molecule has 0 aliphatic carbocycles. The molecule has 0 aliphatic heterocycles. The first-order valence-electron chi connectivity index (χ1n) is 6.09. The highest BCUT2D eigenvalue weighted by atomic mass is 35.5. The largest absolute Gasteiger partial charge is 0.314 e. The SMILES string of the molecule is CC(C)NCCCS(=O)(=O)Nc1c(Cl)cc(F)cc1Cl. The van der Waals surface area contributed by atoms with Crippen molar-refractivity contribution in [2.45, 2.75) is 26.3 Å². The second kappa shape index (κ2) is 7.45. The van der Waals surface area contributed by atoms with Gasteiger partial charge in [0.05, 0.1) is 21.5 Å². The third kappa shape index (κ3) is 5.83. The number of hydrogen-bond acceptors (Lipinski definition) is 3. The van der Waals surface area contributed by atoms with Crippen LogP contribution >= 0.6 is 23.2 Å².